The third-order valence-electron chi connectivity index (χ3n) is 6.55. The smallest absolute Gasteiger partial charge is 0.234 e. The van der Waals surface area contributed by atoms with Crippen molar-refractivity contribution in [1.29, 1.82) is 0 Å². The van der Waals surface area contributed by atoms with Crippen molar-refractivity contribution >= 4 is 47.8 Å². The number of ether oxygens (including phenoxy) is 4. The first kappa shape index (κ1) is 37.7. The molecule has 2 aromatic carbocycles. The Kier molecular flexibility index (Phi) is 15.2. The van der Waals surface area contributed by atoms with Crippen molar-refractivity contribution in [2.45, 2.75) is 64.4 Å². The van der Waals surface area contributed by atoms with Gasteiger partial charge in [-0.2, -0.15) is 0 Å². The number of aliphatic hydroxyl groups excluding tert-OH is 1. The van der Waals surface area contributed by atoms with Gasteiger partial charge >= 0.3 is 0 Å². The summed E-state index contributed by atoms with van der Waals surface area (Å²) in [6.45, 7) is 17.6. The molecule has 1 atom stereocenters. The first-order valence-corrected chi connectivity index (χ1v) is 24.7. The van der Waals surface area contributed by atoms with Gasteiger partial charge in [0.05, 0.1) is 18.0 Å². The second-order valence-electron chi connectivity index (χ2n) is 13.1. The molecule has 2 N–H and O–H groups in total. The van der Waals surface area contributed by atoms with Crippen LogP contribution < -0.4 is 19.1 Å². The van der Waals surface area contributed by atoms with Crippen molar-refractivity contribution in [3.63, 3.8) is 0 Å². The summed E-state index contributed by atoms with van der Waals surface area (Å²) in [5.74, 6) is 1.15. The van der Waals surface area contributed by atoms with Crippen LogP contribution in [0.2, 0.25) is 51.4 Å². The van der Waals surface area contributed by atoms with E-state index in [0.29, 0.717) is 43.4 Å². The van der Waals surface area contributed by atoms with E-state index in [2.05, 4.69) is 60.5 Å². The molecule has 0 saturated carbocycles. The Labute approximate surface area is 269 Å². The van der Waals surface area contributed by atoms with Gasteiger partial charge in [0.15, 0.2) is 6.79 Å². The molecule has 0 bridgehead atoms. The summed E-state index contributed by atoms with van der Waals surface area (Å²) in [4.78, 5) is 0. The van der Waals surface area contributed by atoms with E-state index in [1.807, 2.05) is 25.1 Å². The predicted molar refractivity (Wildman–Crippen MR) is 185 cm³/mol. The number of benzene rings is 2. The second-order valence-corrected chi connectivity index (χ2v) is 27.2. The molecule has 0 heterocycles. The van der Waals surface area contributed by atoms with Gasteiger partial charge in [0, 0.05) is 46.9 Å². The maximum Gasteiger partial charge on any atom is 0.234 e. The van der Waals surface area contributed by atoms with Crippen molar-refractivity contribution < 1.29 is 32.5 Å². The summed E-state index contributed by atoms with van der Waals surface area (Å²) in [6, 6.07) is 12.8. The number of anilines is 1. The zero-order valence-electron chi connectivity index (χ0n) is 27.0. The van der Waals surface area contributed by atoms with Gasteiger partial charge in [0.2, 0.25) is 10.0 Å². The standard InChI is InChI=1S/C30H51BrN2O7SSi2/c1-24-19-26(31)10-12-29(24)39-14-13-32-21-28(34)25-9-11-30(40-23-38-16-18-43(6,7)8)27(20-25)33(41(2,35)36)22-37-15-17-42(3,4)5/h9-12,19-20,28,32,34H,13-18,21-23H2,1-8H3/t28-/m0/s1. The predicted octanol–water partition coefficient (Wildman–Crippen LogP) is 6.23. The number of rotatable bonds is 20. The van der Waals surface area contributed by atoms with Crippen molar-refractivity contribution in [2.75, 3.05) is 57.0 Å². The van der Waals surface area contributed by atoms with E-state index in [4.69, 9.17) is 18.9 Å². The van der Waals surface area contributed by atoms with Gasteiger partial charge in [-0.05, 0) is 60.5 Å². The molecule has 13 heteroatoms. The monoisotopic (exact) mass is 718 g/mol. The molecule has 2 aromatic rings. The highest BCUT2D eigenvalue weighted by Crippen LogP contribution is 2.33. The largest absolute Gasteiger partial charge is 0.492 e. The summed E-state index contributed by atoms with van der Waals surface area (Å²) >= 11 is 3.45. The van der Waals surface area contributed by atoms with E-state index < -0.39 is 32.3 Å². The molecule has 9 nitrogen and oxygen atoms in total. The highest BCUT2D eigenvalue weighted by atomic mass is 79.9. The fourth-order valence-corrected chi connectivity index (χ4v) is 6.59. The van der Waals surface area contributed by atoms with Crippen LogP contribution in [0.4, 0.5) is 5.69 Å². The van der Waals surface area contributed by atoms with Crippen LogP contribution >= 0.6 is 15.9 Å². The summed E-state index contributed by atoms with van der Waals surface area (Å²) in [5.41, 5.74) is 1.88. The molecule has 0 amide bonds. The summed E-state index contributed by atoms with van der Waals surface area (Å²) < 4.78 is 51.4. The summed E-state index contributed by atoms with van der Waals surface area (Å²) in [5, 5.41) is 14.2. The van der Waals surface area contributed by atoms with Crippen molar-refractivity contribution in [3.8, 4) is 11.5 Å². The molecule has 0 unspecified atom stereocenters. The number of aryl methyl sites for hydroxylation is 1. The lowest BCUT2D eigenvalue weighted by Gasteiger charge is -2.26. The molecule has 0 spiro atoms. The Hall–Kier alpha value is -1.46. The van der Waals surface area contributed by atoms with Crippen LogP contribution in [0.15, 0.2) is 40.9 Å². The Morgan fingerprint density at radius 1 is 0.907 bits per heavy atom. The Morgan fingerprint density at radius 2 is 1.53 bits per heavy atom. The van der Waals surface area contributed by atoms with Crippen LogP contribution in [0.1, 0.15) is 17.2 Å². The Bertz CT molecular complexity index is 1250. The minimum atomic E-state index is -3.72. The third kappa shape index (κ3) is 14.9. The van der Waals surface area contributed by atoms with Crippen LogP contribution in [0.5, 0.6) is 11.5 Å². The van der Waals surface area contributed by atoms with Gasteiger partial charge in [-0.25, -0.2) is 12.7 Å². The van der Waals surface area contributed by atoms with Crippen molar-refractivity contribution in [3.05, 3.63) is 52.0 Å². The second kappa shape index (κ2) is 17.3. The number of nitrogens with zero attached hydrogens (tertiary/aromatic N) is 1. The molecule has 0 saturated heterocycles. The highest BCUT2D eigenvalue weighted by Gasteiger charge is 2.24. The number of hydrogen-bond acceptors (Lipinski definition) is 8. The van der Waals surface area contributed by atoms with Crippen LogP contribution in [-0.4, -0.2) is 82.4 Å². The molecule has 244 valence electrons. The van der Waals surface area contributed by atoms with Gasteiger partial charge in [-0.3, -0.25) is 0 Å². The normalized spacial score (nSPS) is 13.2. The fourth-order valence-electron chi connectivity index (χ4n) is 3.84. The number of aliphatic hydroxyl groups is 1. The SMILES string of the molecule is Cc1cc(Br)ccc1OCCNC[C@H](O)c1ccc(OCOCC[Si](C)(C)C)c(N(COCC[Si](C)(C)C)S(C)(=O)=O)c1. The third-order valence-corrected chi connectivity index (χ3v) is 11.6. The van der Waals surface area contributed by atoms with Crippen LogP contribution in [0, 0.1) is 6.92 Å². The molecule has 2 rings (SSSR count). The number of nitrogens with one attached hydrogen (secondary N) is 1. The van der Waals surface area contributed by atoms with E-state index in [9.17, 15) is 13.5 Å². The fraction of sp³-hybridized carbons (Fsp3) is 0.600. The van der Waals surface area contributed by atoms with Gasteiger partial charge in [-0.1, -0.05) is 61.3 Å². The molecule has 0 aliphatic heterocycles. The Morgan fingerprint density at radius 3 is 2.14 bits per heavy atom. The maximum atomic E-state index is 12.9. The summed E-state index contributed by atoms with van der Waals surface area (Å²) in [6.07, 6.45) is 0.255. The molecule has 43 heavy (non-hydrogen) atoms. The molecule has 0 aliphatic rings. The quantitative estimate of drug-likeness (QED) is 0.0944. The van der Waals surface area contributed by atoms with Crippen molar-refractivity contribution in [1.82, 2.24) is 5.32 Å². The minimum Gasteiger partial charge on any atom is -0.492 e. The average Bonchev–Trinajstić information content (AvgIpc) is 2.87. The topological polar surface area (TPSA) is 107 Å². The average molecular weight is 720 g/mol. The first-order valence-electron chi connectivity index (χ1n) is 14.6. The van der Waals surface area contributed by atoms with Crippen LogP contribution in [-0.2, 0) is 19.5 Å². The van der Waals surface area contributed by atoms with E-state index >= 15 is 0 Å². The molecular formula is C30H51BrN2O7SSi2. The van der Waals surface area contributed by atoms with E-state index in [1.54, 1.807) is 18.2 Å². The lowest BCUT2D eigenvalue weighted by molar-refractivity contribution is 0.0222. The van der Waals surface area contributed by atoms with E-state index in [-0.39, 0.29) is 20.1 Å². The van der Waals surface area contributed by atoms with Gasteiger partial charge < -0.3 is 29.4 Å². The van der Waals surface area contributed by atoms with Gasteiger partial charge in [0.1, 0.15) is 24.8 Å². The molecule has 0 aliphatic carbocycles. The lowest BCUT2D eigenvalue weighted by Crippen LogP contribution is -2.34. The zero-order valence-corrected chi connectivity index (χ0v) is 31.4. The summed E-state index contributed by atoms with van der Waals surface area (Å²) in [7, 11) is -6.33. The minimum absolute atomic E-state index is 0.00708. The van der Waals surface area contributed by atoms with Crippen LogP contribution in [0.25, 0.3) is 0 Å². The molecular weight excluding hydrogens is 668 g/mol. The zero-order chi connectivity index (χ0) is 32.3. The first-order chi connectivity index (χ1) is 20.0. The van der Waals surface area contributed by atoms with Gasteiger partial charge in [-0.15, -0.1) is 0 Å². The number of hydrogen-bond donors (Lipinski definition) is 2. The van der Waals surface area contributed by atoms with Crippen LogP contribution in [0.3, 0.4) is 0 Å². The van der Waals surface area contributed by atoms with E-state index in [1.165, 1.54) is 4.31 Å². The van der Waals surface area contributed by atoms with E-state index in [0.717, 1.165) is 34.1 Å². The maximum absolute atomic E-state index is 12.9. The number of halogens is 1. The number of sulfonamides is 1. The Balaban J connectivity index is 2.12. The lowest BCUT2D eigenvalue weighted by atomic mass is 10.1. The van der Waals surface area contributed by atoms with Crippen molar-refractivity contribution in [2.24, 2.45) is 0 Å². The molecule has 0 radical (unpaired) electrons. The molecule has 0 aromatic heterocycles. The van der Waals surface area contributed by atoms with Gasteiger partial charge in [0.25, 0.3) is 0 Å². The highest BCUT2D eigenvalue weighted by molar-refractivity contribution is 9.10. The molecule has 0 fully saturated rings.